The van der Waals surface area contributed by atoms with Gasteiger partial charge in [0.05, 0.1) is 11.2 Å². The first-order chi connectivity index (χ1) is 11.0. The van der Waals surface area contributed by atoms with Crippen LogP contribution in [0.5, 0.6) is 0 Å². The van der Waals surface area contributed by atoms with Gasteiger partial charge in [-0.05, 0) is 45.4 Å². The van der Waals surface area contributed by atoms with Gasteiger partial charge in [-0.15, -0.1) is 11.3 Å². The second-order valence-corrected chi connectivity index (χ2v) is 6.82. The van der Waals surface area contributed by atoms with Crippen molar-refractivity contribution in [3.63, 3.8) is 0 Å². The fraction of sp³-hybridized carbons (Fsp3) is 0.333. The highest BCUT2D eigenvalue weighted by Crippen LogP contribution is 2.36. The first-order valence-electron chi connectivity index (χ1n) is 7.85. The Labute approximate surface area is 139 Å². The van der Waals surface area contributed by atoms with E-state index < -0.39 is 0 Å². The average molecular weight is 327 g/mol. The number of rotatable bonds is 3. The van der Waals surface area contributed by atoms with E-state index in [1.54, 1.807) is 4.90 Å². The lowest BCUT2D eigenvalue weighted by Gasteiger charge is -2.17. The largest absolute Gasteiger partial charge is 0.397 e. The predicted octanol–water partition coefficient (Wildman–Crippen LogP) is 4.13. The van der Waals surface area contributed by atoms with Gasteiger partial charge in [0.1, 0.15) is 9.71 Å². The number of nitrogens with two attached hydrogens (primary N) is 1. The number of nitrogens with zero attached hydrogens (tertiary/aromatic N) is 2. The van der Waals surface area contributed by atoms with Crippen molar-refractivity contribution in [2.75, 3.05) is 18.8 Å². The molecule has 4 nitrogen and oxygen atoms in total. The van der Waals surface area contributed by atoms with Crippen LogP contribution in [0.2, 0.25) is 0 Å². The van der Waals surface area contributed by atoms with Crippen LogP contribution in [0.1, 0.15) is 34.6 Å². The van der Waals surface area contributed by atoms with Gasteiger partial charge < -0.3 is 10.6 Å². The molecule has 0 aliphatic heterocycles. The van der Waals surface area contributed by atoms with Crippen LogP contribution in [0.4, 0.5) is 5.69 Å². The number of thiophene rings is 1. The Hall–Kier alpha value is -2.14. The van der Waals surface area contributed by atoms with Crippen molar-refractivity contribution in [2.45, 2.75) is 27.7 Å². The summed E-state index contributed by atoms with van der Waals surface area (Å²) in [7, 11) is 0. The molecule has 2 aromatic heterocycles. The maximum Gasteiger partial charge on any atom is 0.266 e. The molecule has 0 aliphatic carbocycles. The zero-order chi connectivity index (χ0) is 16.7. The highest BCUT2D eigenvalue weighted by atomic mass is 32.1. The molecular weight excluding hydrogens is 306 g/mol. The second kappa shape index (κ2) is 5.81. The van der Waals surface area contributed by atoms with Gasteiger partial charge in [-0.1, -0.05) is 11.6 Å². The van der Waals surface area contributed by atoms with Crippen molar-refractivity contribution in [1.29, 1.82) is 0 Å². The first-order valence-corrected chi connectivity index (χ1v) is 8.67. The topological polar surface area (TPSA) is 59.2 Å². The Morgan fingerprint density at radius 3 is 2.57 bits per heavy atom. The summed E-state index contributed by atoms with van der Waals surface area (Å²) in [5.74, 6) is -0.00698. The van der Waals surface area contributed by atoms with E-state index in [2.05, 4.69) is 32.0 Å². The summed E-state index contributed by atoms with van der Waals surface area (Å²) in [5.41, 5.74) is 10.1. The highest BCUT2D eigenvalue weighted by molar-refractivity contribution is 7.21. The molecule has 5 heteroatoms. The van der Waals surface area contributed by atoms with Crippen LogP contribution >= 0.6 is 11.3 Å². The summed E-state index contributed by atoms with van der Waals surface area (Å²) in [6, 6.07) is 6.29. The number of nitrogen functional groups attached to an aromatic ring is 1. The molecule has 0 spiro atoms. The van der Waals surface area contributed by atoms with Crippen LogP contribution in [0.3, 0.4) is 0 Å². The quantitative estimate of drug-likeness (QED) is 0.787. The number of benzene rings is 1. The molecule has 3 rings (SSSR count). The van der Waals surface area contributed by atoms with Crippen LogP contribution < -0.4 is 5.73 Å². The normalized spacial score (nSPS) is 11.3. The third kappa shape index (κ3) is 2.55. The average Bonchev–Trinajstić information content (AvgIpc) is 2.83. The first kappa shape index (κ1) is 15.7. The van der Waals surface area contributed by atoms with Gasteiger partial charge in [-0.2, -0.15) is 0 Å². The summed E-state index contributed by atoms with van der Waals surface area (Å²) in [6.45, 7) is 9.44. The molecule has 1 aromatic carbocycles. The van der Waals surface area contributed by atoms with Gasteiger partial charge in [0.15, 0.2) is 0 Å². The smallest absolute Gasteiger partial charge is 0.266 e. The molecular formula is C18H21N3OS. The molecule has 1 amide bonds. The molecule has 0 radical (unpaired) electrons. The highest BCUT2D eigenvalue weighted by Gasteiger charge is 2.21. The van der Waals surface area contributed by atoms with E-state index in [4.69, 9.17) is 10.7 Å². The second-order valence-electron chi connectivity index (χ2n) is 5.82. The molecule has 0 aliphatic rings. The molecule has 23 heavy (non-hydrogen) atoms. The Balaban J connectivity index is 2.24. The number of fused-ring (bicyclic) bond motifs is 2. The molecule has 0 atom stereocenters. The lowest BCUT2D eigenvalue weighted by Crippen LogP contribution is -2.30. The van der Waals surface area contributed by atoms with Gasteiger partial charge in [0.25, 0.3) is 5.91 Å². The molecule has 0 bridgehead atoms. The number of pyridine rings is 1. The van der Waals surface area contributed by atoms with Gasteiger partial charge in [-0.3, -0.25) is 4.79 Å². The lowest BCUT2D eigenvalue weighted by molar-refractivity contribution is 0.0779. The lowest BCUT2D eigenvalue weighted by atomic mass is 10.1. The SMILES string of the molecule is CCN(CC)C(=O)c1sc2nc3c(C)cc(C)cc3cc2c1N. The predicted molar refractivity (Wildman–Crippen MR) is 98.3 cm³/mol. The molecule has 0 fully saturated rings. The van der Waals surface area contributed by atoms with Crippen molar-refractivity contribution >= 4 is 44.1 Å². The van der Waals surface area contributed by atoms with Crippen molar-refractivity contribution in [3.05, 3.63) is 34.2 Å². The van der Waals surface area contributed by atoms with E-state index >= 15 is 0 Å². The minimum absolute atomic E-state index is 0.00698. The Kier molecular flexibility index (Phi) is 3.98. The summed E-state index contributed by atoms with van der Waals surface area (Å²) >= 11 is 1.39. The minimum Gasteiger partial charge on any atom is -0.397 e. The van der Waals surface area contributed by atoms with Gasteiger partial charge >= 0.3 is 0 Å². The summed E-state index contributed by atoms with van der Waals surface area (Å²) in [4.78, 5) is 20.6. The molecule has 2 heterocycles. The van der Waals surface area contributed by atoms with E-state index in [9.17, 15) is 4.79 Å². The fourth-order valence-corrected chi connectivity index (χ4v) is 4.04. The Morgan fingerprint density at radius 2 is 1.91 bits per heavy atom. The van der Waals surface area contributed by atoms with E-state index in [-0.39, 0.29) is 5.91 Å². The van der Waals surface area contributed by atoms with E-state index in [1.165, 1.54) is 16.9 Å². The molecule has 0 unspecified atom stereocenters. The third-order valence-corrected chi connectivity index (χ3v) is 5.30. The number of anilines is 1. The molecule has 120 valence electrons. The maximum absolute atomic E-state index is 12.6. The standard InChI is InChI=1S/C18H21N3OS/c1-5-21(6-2)18(22)16-14(19)13-9-12-8-10(3)7-11(4)15(12)20-17(13)23-16/h7-9H,5-6,19H2,1-4H3. The Bertz CT molecular complexity index is 910. The number of carbonyl (C=O) groups is 1. The fourth-order valence-electron chi connectivity index (χ4n) is 2.99. The van der Waals surface area contributed by atoms with Crippen LogP contribution in [0, 0.1) is 13.8 Å². The molecule has 3 aromatic rings. The van der Waals surface area contributed by atoms with E-state index in [1.807, 2.05) is 13.8 Å². The van der Waals surface area contributed by atoms with E-state index in [0.717, 1.165) is 26.7 Å². The van der Waals surface area contributed by atoms with Gasteiger partial charge in [-0.25, -0.2) is 4.98 Å². The van der Waals surface area contributed by atoms with Gasteiger partial charge in [0, 0.05) is 23.9 Å². The molecule has 0 saturated heterocycles. The summed E-state index contributed by atoms with van der Waals surface area (Å²) < 4.78 is 0. The number of hydrogen-bond acceptors (Lipinski definition) is 4. The number of aromatic nitrogens is 1. The van der Waals surface area contributed by atoms with Crippen molar-refractivity contribution in [3.8, 4) is 0 Å². The molecule has 0 saturated carbocycles. The zero-order valence-corrected chi connectivity index (χ0v) is 14.8. The van der Waals surface area contributed by atoms with Crippen molar-refractivity contribution in [1.82, 2.24) is 9.88 Å². The van der Waals surface area contributed by atoms with Crippen molar-refractivity contribution in [2.24, 2.45) is 0 Å². The van der Waals surface area contributed by atoms with Crippen LogP contribution in [-0.2, 0) is 0 Å². The summed E-state index contributed by atoms with van der Waals surface area (Å²) in [6.07, 6.45) is 0. The van der Waals surface area contributed by atoms with Crippen LogP contribution in [0.15, 0.2) is 18.2 Å². The minimum atomic E-state index is -0.00698. The summed E-state index contributed by atoms with van der Waals surface area (Å²) in [5, 5.41) is 1.95. The molecule has 2 N–H and O–H groups in total. The maximum atomic E-state index is 12.6. The zero-order valence-electron chi connectivity index (χ0n) is 13.9. The third-order valence-electron chi connectivity index (χ3n) is 4.20. The number of carbonyl (C=O) groups excluding carboxylic acids is 1. The Morgan fingerprint density at radius 1 is 1.22 bits per heavy atom. The van der Waals surface area contributed by atoms with Crippen LogP contribution in [0.25, 0.3) is 21.1 Å². The van der Waals surface area contributed by atoms with Crippen molar-refractivity contribution < 1.29 is 4.79 Å². The number of aryl methyl sites for hydroxylation is 2. The number of hydrogen-bond donors (Lipinski definition) is 1. The van der Waals surface area contributed by atoms with Gasteiger partial charge in [0.2, 0.25) is 0 Å². The monoisotopic (exact) mass is 327 g/mol. The van der Waals surface area contributed by atoms with Crippen LogP contribution in [-0.4, -0.2) is 28.9 Å². The number of amides is 1. The van der Waals surface area contributed by atoms with E-state index in [0.29, 0.717) is 23.7 Å².